The van der Waals surface area contributed by atoms with Gasteiger partial charge in [0.25, 0.3) is 0 Å². The molecule has 2 rings (SSSR count). The molecule has 1 aliphatic rings. The lowest BCUT2D eigenvalue weighted by molar-refractivity contribution is -0.0213. The number of Topliss-reactive ketones (excluding diaryl/α,β-unsaturated/α-hetero) is 1. The molecule has 0 amide bonds. The first kappa shape index (κ1) is 15.2. The highest BCUT2D eigenvalue weighted by atomic mass is 16.5. The molecular formula is C17H25NO2. The number of carbonyl (C=O) groups excluding carboxylic acids is 1. The minimum atomic E-state index is 0.164. The zero-order valence-corrected chi connectivity index (χ0v) is 13.2. The van der Waals surface area contributed by atoms with Gasteiger partial charge < -0.3 is 4.74 Å². The fourth-order valence-electron chi connectivity index (χ4n) is 3.27. The SMILES string of the molecule is CC(=O)c1c(C)cc(C)c(CN2CCOC(C)C2)c1C. The van der Waals surface area contributed by atoms with Crippen LogP contribution in [0.1, 0.15) is 46.5 Å². The summed E-state index contributed by atoms with van der Waals surface area (Å²) in [4.78, 5) is 14.3. The van der Waals surface area contributed by atoms with E-state index < -0.39 is 0 Å². The molecule has 0 bridgehead atoms. The number of hydrogen-bond donors (Lipinski definition) is 0. The van der Waals surface area contributed by atoms with Crippen molar-refractivity contribution in [3.05, 3.63) is 33.9 Å². The molecule has 1 atom stereocenters. The first-order valence-corrected chi connectivity index (χ1v) is 7.34. The highest BCUT2D eigenvalue weighted by molar-refractivity contribution is 5.97. The molecule has 0 aromatic heterocycles. The Bertz CT molecular complexity index is 522. The number of nitrogens with zero attached hydrogens (tertiary/aromatic N) is 1. The van der Waals surface area contributed by atoms with Gasteiger partial charge >= 0.3 is 0 Å². The molecule has 110 valence electrons. The van der Waals surface area contributed by atoms with Crippen LogP contribution in [0, 0.1) is 20.8 Å². The maximum Gasteiger partial charge on any atom is 0.160 e. The molecule has 1 saturated heterocycles. The van der Waals surface area contributed by atoms with E-state index in [1.165, 1.54) is 11.1 Å². The Kier molecular flexibility index (Phi) is 4.61. The van der Waals surface area contributed by atoms with Gasteiger partial charge in [0.05, 0.1) is 12.7 Å². The predicted molar refractivity (Wildman–Crippen MR) is 81.3 cm³/mol. The Morgan fingerprint density at radius 2 is 2.05 bits per heavy atom. The smallest absolute Gasteiger partial charge is 0.160 e. The minimum absolute atomic E-state index is 0.164. The first-order valence-electron chi connectivity index (χ1n) is 7.34. The fraction of sp³-hybridized carbons (Fsp3) is 0.588. The monoisotopic (exact) mass is 275 g/mol. The molecule has 1 aromatic carbocycles. The van der Waals surface area contributed by atoms with Gasteiger partial charge in [-0.2, -0.15) is 0 Å². The highest BCUT2D eigenvalue weighted by Gasteiger charge is 2.20. The van der Waals surface area contributed by atoms with E-state index in [2.05, 4.69) is 31.7 Å². The lowest BCUT2D eigenvalue weighted by Crippen LogP contribution is -2.40. The van der Waals surface area contributed by atoms with Crippen molar-refractivity contribution in [2.24, 2.45) is 0 Å². The van der Waals surface area contributed by atoms with Crippen molar-refractivity contribution in [2.45, 2.75) is 47.3 Å². The Labute approximate surface area is 121 Å². The van der Waals surface area contributed by atoms with E-state index in [1.807, 2.05) is 6.92 Å². The number of hydrogen-bond acceptors (Lipinski definition) is 3. The molecular weight excluding hydrogens is 250 g/mol. The van der Waals surface area contributed by atoms with Gasteiger partial charge in [-0.1, -0.05) is 6.07 Å². The third kappa shape index (κ3) is 3.10. The van der Waals surface area contributed by atoms with Crippen LogP contribution >= 0.6 is 0 Å². The third-order valence-electron chi connectivity index (χ3n) is 4.19. The van der Waals surface area contributed by atoms with Gasteiger partial charge in [-0.15, -0.1) is 0 Å². The van der Waals surface area contributed by atoms with Gasteiger partial charge in [-0.25, -0.2) is 0 Å². The largest absolute Gasteiger partial charge is 0.376 e. The van der Waals surface area contributed by atoms with Crippen LogP contribution in [0.4, 0.5) is 0 Å². The molecule has 0 radical (unpaired) electrons. The zero-order chi connectivity index (χ0) is 14.9. The summed E-state index contributed by atoms with van der Waals surface area (Å²) < 4.78 is 5.59. The standard InChI is InChI=1S/C17H25NO2/c1-11-8-12(2)17(15(5)19)14(4)16(11)10-18-6-7-20-13(3)9-18/h8,13H,6-7,9-10H2,1-5H3. The average Bonchev–Trinajstić information content (AvgIpc) is 2.33. The summed E-state index contributed by atoms with van der Waals surface area (Å²) in [6.45, 7) is 13.6. The molecule has 0 spiro atoms. The topological polar surface area (TPSA) is 29.5 Å². The van der Waals surface area contributed by atoms with E-state index in [9.17, 15) is 4.79 Å². The van der Waals surface area contributed by atoms with E-state index >= 15 is 0 Å². The van der Waals surface area contributed by atoms with Crippen molar-refractivity contribution < 1.29 is 9.53 Å². The van der Waals surface area contributed by atoms with Gasteiger partial charge in [0, 0.05) is 25.2 Å². The Balaban J connectivity index is 2.31. The van der Waals surface area contributed by atoms with Crippen LogP contribution in [0.15, 0.2) is 6.07 Å². The van der Waals surface area contributed by atoms with Crippen molar-refractivity contribution in [1.82, 2.24) is 4.90 Å². The van der Waals surface area contributed by atoms with E-state index in [0.29, 0.717) is 6.10 Å². The number of ketones is 1. The molecule has 1 heterocycles. The van der Waals surface area contributed by atoms with Crippen molar-refractivity contribution in [2.75, 3.05) is 19.7 Å². The maximum absolute atomic E-state index is 11.9. The second-order valence-corrected chi connectivity index (χ2v) is 5.96. The summed E-state index contributed by atoms with van der Waals surface area (Å²) in [6, 6.07) is 2.14. The van der Waals surface area contributed by atoms with Crippen LogP contribution in [0.2, 0.25) is 0 Å². The van der Waals surface area contributed by atoms with E-state index in [0.717, 1.165) is 42.9 Å². The Morgan fingerprint density at radius 3 is 2.65 bits per heavy atom. The van der Waals surface area contributed by atoms with E-state index in [-0.39, 0.29) is 5.78 Å². The van der Waals surface area contributed by atoms with Crippen LogP contribution in [0.25, 0.3) is 0 Å². The van der Waals surface area contributed by atoms with Gasteiger partial charge in [0.2, 0.25) is 0 Å². The van der Waals surface area contributed by atoms with Gasteiger partial charge in [-0.3, -0.25) is 9.69 Å². The minimum Gasteiger partial charge on any atom is -0.376 e. The van der Waals surface area contributed by atoms with Gasteiger partial charge in [0.1, 0.15) is 0 Å². The number of aryl methyl sites for hydroxylation is 2. The molecule has 20 heavy (non-hydrogen) atoms. The van der Waals surface area contributed by atoms with Crippen LogP contribution in [0.5, 0.6) is 0 Å². The second-order valence-electron chi connectivity index (χ2n) is 5.96. The van der Waals surface area contributed by atoms with Crippen molar-refractivity contribution in [3.8, 4) is 0 Å². The summed E-state index contributed by atoms with van der Waals surface area (Å²) >= 11 is 0. The molecule has 3 heteroatoms. The zero-order valence-electron chi connectivity index (χ0n) is 13.2. The van der Waals surface area contributed by atoms with Crippen LogP contribution in [-0.2, 0) is 11.3 Å². The van der Waals surface area contributed by atoms with Crippen molar-refractivity contribution in [1.29, 1.82) is 0 Å². The van der Waals surface area contributed by atoms with Crippen LogP contribution < -0.4 is 0 Å². The molecule has 0 N–H and O–H groups in total. The third-order valence-corrected chi connectivity index (χ3v) is 4.19. The summed E-state index contributed by atoms with van der Waals surface area (Å²) in [5, 5.41) is 0. The summed E-state index contributed by atoms with van der Waals surface area (Å²) in [6.07, 6.45) is 0.294. The van der Waals surface area contributed by atoms with Crippen molar-refractivity contribution >= 4 is 5.78 Å². The molecule has 0 aliphatic carbocycles. The number of morpholine rings is 1. The molecule has 1 unspecified atom stereocenters. The quantitative estimate of drug-likeness (QED) is 0.794. The summed E-state index contributed by atoms with van der Waals surface area (Å²) in [7, 11) is 0. The van der Waals surface area contributed by atoms with E-state index in [1.54, 1.807) is 6.92 Å². The predicted octanol–water partition coefficient (Wildman–Crippen LogP) is 3.04. The molecule has 0 saturated carbocycles. The number of benzene rings is 1. The average molecular weight is 275 g/mol. The molecule has 1 aromatic rings. The van der Waals surface area contributed by atoms with Gasteiger partial charge in [-0.05, 0) is 56.9 Å². The van der Waals surface area contributed by atoms with Gasteiger partial charge in [0.15, 0.2) is 5.78 Å². The highest BCUT2D eigenvalue weighted by Crippen LogP contribution is 2.24. The lowest BCUT2D eigenvalue weighted by atomic mass is 9.91. The number of ether oxygens (including phenoxy) is 1. The molecule has 1 fully saturated rings. The lowest BCUT2D eigenvalue weighted by Gasteiger charge is -2.32. The summed E-state index contributed by atoms with van der Waals surface area (Å²) in [5.74, 6) is 0.164. The number of rotatable bonds is 3. The Hall–Kier alpha value is -1.19. The normalized spacial score (nSPS) is 20.1. The fourth-order valence-corrected chi connectivity index (χ4v) is 3.27. The maximum atomic E-state index is 11.9. The molecule has 1 aliphatic heterocycles. The second kappa shape index (κ2) is 6.06. The first-order chi connectivity index (χ1) is 9.40. The Morgan fingerprint density at radius 1 is 1.35 bits per heavy atom. The molecule has 3 nitrogen and oxygen atoms in total. The van der Waals surface area contributed by atoms with Crippen LogP contribution in [-0.4, -0.2) is 36.5 Å². The number of carbonyl (C=O) groups is 1. The summed E-state index contributed by atoms with van der Waals surface area (Å²) in [5.41, 5.74) is 5.71. The van der Waals surface area contributed by atoms with Crippen molar-refractivity contribution in [3.63, 3.8) is 0 Å². The van der Waals surface area contributed by atoms with Crippen LogP contribution in [0.3, 0.4) is 0 Å². The van der Waals surface area contributed by atoms with E-state index in [4.69, 9.17) is 4.74 Å².